The van der Waals surface area contributed by atoms with Crippen LogP contribution in [-0.4, -0.2) is 17.6 Å². The molecule has 5 heteroatoms. The fraction of sp³-hybridized carbons (Fsp3) is 0.125. The lowest BCUT2D eigenvalue weighted by Gasteiger charge is -2.00. The first-order valence-electron chi connectivity index (χ1n) is 6.65. The maximum Gasteiger partial charge on any atom is 0.261 e. The number of thiophene rings is 1. The van der Waals surface area contributed by atoms with Crippen LogP contribution in [0.25, 0.3) is 11.3 Å². The van der Waals surface area contributed by atoms with Crippen LogP contribution in [0.5, 0.6) is 0 Å². The van der Waals surface area contributed by atoms with Gasteiger partial charge in [-0.05, 0) is 11.4 Å². The Kier molecular flexibility index (Phi) is 4.12. The van der Waals surface area contributed by atoms with Crippen molar-refractivity contribution in [1.82, 2.24) is 10.5 Å². The third kappa shape index (κ3) is 3.38. The van der Waals surface area contributed by atoms with E-state index in [1.807, 2.05) is 53.9 Å². The molecule has 2 aromatic heterocycles. The summed E-state index contributed by atoms with van der Waals surface area (Å²) in [6.07, 6.45) is 0.646. The van der Waals surface area contributed by atoms with Crippen LogP contribution < -0.4 is 5.32 Å². The van der Waals surface area contributed by atoms with Crippen molar-refractivity contribution < 1.29 is 9.32 Å². The molecule has 0 atom stereocenters. The second-order valence-corrected chi connectivity index (χ2v) is 5.48. The highest BCUT2D eigenvalue weighted by Crippen LogP contribution is 2.19. The molecule has 1 N–H and O–H groups in total. The standard InChI is InChI=1S/C16H14N2O2S/c19-16(15-7-4-10-21-15)17-9-8-13-11-14(20-18-13)12-5-2-1-3-6-12/h1-7,10-11H,8-9H2,(H,17,19). The predicted molar refractivity (Wildman–Crippen MR) is 82.3 cm³/mol. The summed E-state index contributed by atoms with van der Waals surface area (Å²) < 4.78 is 5.32. The number of carbonyl (C=O) groups is 1. The molecule has 0 unspecified atom stereocenters. The van der Waals surface area contributed by atoms with Gasteiger partial charge in [-0.1, -0.05) is 41.6 Å². The molecular formula is C16H14N2O2S. The van der Waals surface area contributed by atoms with E-state index in [1.165, 1.54) is 11.3 Å². The molecule has 3 aromatic rings. The van der Waals surface area contributed by atoms with Gasteiger partial charge < -0.3 is 9.84 Å². The molecule has 0 spiro atoms. The van der Waals surface area contributed by atoms with E-state index < -0.39 is 0 Å². The maximum atomic E-state index is 11.8. The topological polar surface area (TPSA) is 55.1 Å². The molecular weight excluding hydrogens is 284 g/mol. The SMILES string of the molecule is O=C(NCCc1cc(-c2ccccc2)on1)c1cccs1. The predicted octanol–water partition coefficient (Wildman–Crippen LogP) is 3.38. The van der Waals surface area contributed by atoms with E-state index in [0.717, 1.165) is 21.9 Å². The Labute approximate surface area is 126 Å². The zero-order valence-corrected chi connectivity index (χ0v) is 12.1. The van der Waals surface area contributed by atoms with Gasteiger partial charge in [0.1, 0.15) is 0 Å². The highest BCUT2D eigenvalue weighted by Gasteiger charge is 2.08. The van der Waals surface area contributed by atoms with Crippen molar-refractivity contribution >= 4 is 17.2 Å². The van der Waals surface area contributed by atoms with Crippen molar-refractivity contribution in [3.05, 3.63) is 64.5 Å². The number of nitrogens with one attached hydrogen (secondary N) is 1. The van der Waals surface area contributed by atoms with Gasteiger partial charge in [0, 0.05) is 24.6 Å². The van der Waals surface area contributed by atoms with Crippen molar-refractivity contribution in [3.8, 4) is 11.3 Å². The van der Waals surface area contributed by atoms with Crippen LogP contribution in [0.15, 0.2) is 58.4 Å². The number of rotatable bonds is 5. The normalized spacial score (nSPS) is 10.5. The highest BCUT2D eigenvalue weighted by atomic mass is 32.1. The fourth-order valence-corrected chi connectivity index (χ4v) is 2.61. The van der Waals surface area contributed by atoms with E-state index in [9.17, 15) is 4.79 Å². The number of amides is 1. The van der Waals surface area contributed by atoms with Gasteiger partial charge in [0.2, 0.25) is 0 Å². The van der Waals surface area contributed by atoms with Crippen LogP contribution in [0, 0.1) is 0 Å². The average molecular weight is 298 g/mol. The number of benzene rings is 1. The number of nitrogens with zero attached hydrogens (tertiary/aromatic N) is 1. The van der Waals surface area contributed by atoms with Crippen molar-refractivity contribution in [1.29, 1.82) is 0 Å². The summed E-state index contributed by atoms with van der Waals surface area (Å²) in [4.78, 5) is 12.5. The van der Waals surface area contributed by atoms with Crippen molar-refractivity contribution in [2.45, 2.75) is 6.42 Å². The number of carbonyl (C=O) groups excluding carboxylic acids is 1. The van der Waals surface area contributed by atoms with Crippen molar-refractivity contribution in [3.63, 3.8) is 0 Å². The molecule has 0 saturated heterocycles. The van der Waals surface area contributed by atoms with Crippen molar-refractivity contribution in [2.75, 3.05) is 6.54 Å². The molecule has 1 amide bonds. The minimum atomic E-state index is -0.0447. The summed E-state index contributed by atoms with van der Waals surface area (Å²) >= 11 is 1.43. The lowest BCUT2D eigenvalue weighted by atomic mass is 10.1. The highest BCUT2D eigenvalue weighted by molar-refractivity contribution is 7.12. The lowest BCUT2D eigenvalue weighted by molar-refractivity contribution is 0.0958. The largest absolute Gasteiger partial charge is 0.356 e. The summed E-state index contributed by atoms with van der Waals surface area (Å²) in [5, 5.41) is 8.79. The van der Waals surface area contributed by atoms with E-state index in [0.29, 0.717) is 13.0 Å². The van der Waals surface area contributed by atoms with Crippen LogP contribution in [0.4, 0.5) is 0 Å². The Balaban J connectivity index is 1.55. The zero-order valence-electron chi connectivity index (χ0n) is 11.3. The zero-order chi connectivity index (χ0) is 14.5. The summed E-state index contributed by atoms with van der Waals surface area (Å²) in [6.45, 7) is 0.539. The molecule has 3 rings (SSSR count). The molecule has 4 nitrogen and oxygen atoms in total. The van der Waals surface area contributed by atoms with E-state index in [1.54, 1.807) is 0 Å². The van der Waals surface area contributed by atoms with Crippen LogP contribution >= 0.6 is 11.3 Å². The minimum Gasteiger partial charge on any atom is -0.356 e. The Morgan fingerprint density at radius 1 is 1.19 bits per heavy atom. The lowest BCUT2D eigenvalue weighted by Crippen LogP contribution is -2.24. The summed E-state index contributed by atoms with van der Waals surface area (Å²) in [5.74, 6) is 0.701. The Morgan fingerprint density at radius 2 is 2.05 bits per heavy atom. The van der Waals surface area contributed by atoms with E-state index in [2.05, 4.69) is 10.5 Å². The average Bonchev–Trinajstić information content (AvgIpc) is 3.20. The van der Waals surface area contributed by atoms with Crippen LogP contribution in [0.3, 0.4) is 0 Å². The van der Waals surface area contributed by atoms with Crippen molar-refractivity contribution in [2.24, 2.45) is 0 Å². The van der Waals surface area contributed by atoms with Gasteiger partial charge in [-0.2, -0.15) is 0 Å². The molecule has 1 aromatic carbocycles. The Morgan fingerprint density at radius 3 is 2.81 bits per heavy atom. The Hall–Kier alpha value is -2.40. The van der Waals surface area contributed by atoms with E-state index >= 15 is 0 Å². The summed E-state index contributed by atoms with van der Waals surface area (Å²) in [6, 6.07) is 15.4. The van der Waals surface area contributed by atoms with E-state index in [4.69, 9.17) is 4.52 Å². The molecule has 0 aliphatic heterocycles. The van der Waals surface area contributed by atoms with Gasteiger partial charge in [-0.3, -0.25) is 4.79 Å². The minimum absolute atomic E-state index is 0.0447. The smallest absolute Gasteiger partial charge is 0.261 e. The van der Waals surface area contributed by atoms with Crippen LogP contribution in [0.1, 0.15) is 15.4 Å². The van der Waals surface area contributed by atoms with Gasteiger partial charge in [0.15, 0.2) is 5.76 Å². The maximum absolute atomic E-state index is 11.8. The van der Waals surface area contributed by atoms with Gasteiger partial charge in [-0.15, -0.1) is 11.3 Å². The summed E-state index contributed by atoms with van der Waals surface area (Å²) in [7, 11) is 0. The van der Waals surface area contributed by atoms with Crippen LogP contribution in [-0.2, 0) is 6.42 Å². The summed E-state index contributed by atoms with van der Waals surface area (Å²) in [5.41, 5.74) is 1.83. The Bertz CT molecular complexity index is 705. The molecule has 0 aliphatic rings. The van der Waals surface area contributed by atoms with Gasteiger partial charge in [0.05, 0.1) is 10.6 Å². The monoisotopic (exact) mass is 298 g/mol. The second-order valence-electron chi connectivity index (χ2n) is 4.53. The first kappa shape index (κ1) is 13.6. The van der Waals surface area contributed by atoms with Gasteiger partial charge in [0.25, 0.3) is 5.91 Å². The number of hydrogen-bond acceptors (Lipinski definition) is 4. The molecule has 0 bridgehead atoms. The molecule has 0 saturated carbocycles. The molecule has 2 heterocycles. The molecule has 0 aliphatic carbocycles. The fourth-order valence-electron chi connectivity index (χ4n) is 1.97. The second kappa shape index (κ2) is 6.37. The molecule has 0 fully saturated rings. The number of aromatic nitrogens is 1. The first-order valence-corrected chi connectivity index (χ1v) is 7.53. The first-order chi connectivity index (χ1) is 10.3. The third-order valence-corrected chi connectivity index (χ3v) is 3.90. The number of hydrogen-bond donors (Lipinski definition) is 1. The molecule has 21 heavy (non-hydrogen) atoms. The van der Waals surface area contributed by atoms with Gasteiger partial charge >= 0.3 is 0 Å². The van der Waals surface area contributed by atoms with E-state index in [-0.39, 0.29) is 5.91 Å². The van der Waals surface area contributed by atoms with Crippen LogP contribution in [0.2, 0.25) is 0 Å². The quantitative estimate of drug-likeness (QED) is 0.785. The molecule has 0 radical (unpaired) electrons. The van der Waals surface area contributed by atoms with Gasteiger partial charge in [-0.25, -0.2) is 0 Å². The third-order valence-electron chi connectivity index (χ3n) is 3.03. The molecule has 106 valence electrons.